The lowest BCUT2D eigenvalue weighted by Crippen LogP contribution is -2.40. The van der Waals surface area contributed by atoms with Crippen LogP contribution >= 0.6 is 23.2 Å². The summed E-state index contributed by atoms with van der Waals surface area (Å²) in [5.74, 6) is 0.673. The number of fused-ring (bicyclic) bond motifs is 1. The number of esters is 1. The Hall–Kier alpha value is -2.35. The zero-order valence-corrected chi connectivity index (χ0v) is 19.1. The molecule has 1 aromatic carbocycles. The van der Waals surface area contributed by atoms with Crippen molar-refractivity contribution in [2.45, 2.75) is 25.3 Å². The van der Waals surface area contributed by atoms with Gasteiger partial charge in [-0.05, 0) is 32.0 Å². The lowest BCUT2D eigenvalue weighted by Gasteiger charge is -2.30. The van der Waals surface area contributed by atoms with Crippen LogP contribution in [0, 0.1) is 0 Å². The first-order valence-electron chi connectivity index (χ1n) is 10.3. The predicted molar refractivity (Wildman–Crippen MR) is 123 cm³/mol. The Bertz CT molecular complexity index is 1070. The maximum atomic E-state index is 11.5. The highest BCUT2D eigenvalue weighted by Gasteiger charge is 2.28. The van der Waals surface area contributed by atoms with E-state index >= 15 is 0 Å². The second-order valence-electron chi connectivity index (χ2n) is 7.80. The van der Waals surface area contributed by atoms with E-state index in [1.54, 1.807) is 18.6 Å². The lowest BCUT2D eigenvalue weighted by atomic mass is 10.1. The molecule has 1 aliphatic rings. The molecule has 0 N–H and O–H groups in total. The Morgan fingerprint density at radius 3 is 2.94 bits per heavy atom. The Balaban J connectivity index is 1.66. The maximum absolute atomic E-state index is 11.5. The number of hydrogen-bond donors (Lipinski definition) is 0. The molecule has 0 unspecified atom stereocenters. The van der Waals surface area contributed by atoms with Gasteiger partial charge in [-0.1, -0.05) is 23.2 Å². The third-order valence-electron chi connectivity index (χ3n) is 5.74. The Morgan fingerprint density at radius 1 is 1.35 bits per heavy atom. The number of rotatable bonds is 7. The molecular formula is C22H25Cl2N5O2. The fraction of sp³-hybridized carbons (Fsp3) is 0.409. The van der Waals surface area contributed by atoms with Crippen LogP contribution < -0.4 is 4.90 Å². The minimum absolute atomic E-state index is 0.192. The van der Waals surface area contributed by atoms with Crippen LogP contribution in [0.4, 0.5) is 5.82 Å². The molecule has 0 spiro atoms. The van der Waals surface area contributed by atoms with Crippen LogP contribution in [-0.4, -0.2) is 65.2 Å². The summed E-state index contributed by atoms with van der Waals surface area (Å²) in [5.41, 5.74) is 1.64. The molecule has 9 heteroatoms. The second-order valence-corrected chi connectivity index (χ2v) is 8.59. The Labute approximate surface area is 191 Å². The highest BCUT2D eigenvalue weighted by Crippen LogP contribution is 2.36. The number of carbonyl (C=O) groups excluding carboxylic acids is 1. The van der Waals surface area contributed by atoms with E-state index in [1.807, 2.05) is 23.9 Å². The van der Waals surface area contributed by atoms with Gasteiger partial charge in [-0.15, -0.1) is 0 Å². The van der Waals surface area contributed by atoms with Gasteiger partial charge in [-0.2, -0.15) is 0 Å². The van der Waals surface area contributed by atoms with Gasteiger partial charge in [0.25, 0.3) is 0 Å². The van der Waals surface area contributed by atoms with E-state index in [1.165, 1.54) is 7.11 Å². The standard InChI is InChI=1S/C22H25Cl2N5O2/c1-27(10-7-20(30)31-2)13-15-4-3-9-29(15)19-12-18(28-11-8-25-14-28)16-5-6-17(23)21(24)22(16)26-19/h5-6,8,11-12,14-15H,3-4,7,9-10,13H2,1-2H3/t15-/m0/s1. The summed E-state index contributed by atoms with van der Waals surface area (Å²) in [7, 11) is 3.45. The summed E-state index contributed by atoms with van der Waals surface area (Å²) in [6.07, 6.45) is 7.95. The first kappa shape index (κ1) is 21.9. The van der Waals surface area contributed by atoms with Gasteiger partial charge in [-0.25, -0.2) is 9.97 Å². The van der Waals surface area contributed by atoms with E-state index in [4.69, 9.17) is 32.9 Å². The summed E-state index contributed by atoms with van der Waals surface area (Å²) in [4.78, 5) is 25.1. The van der Waals surface area contributed by atoms with Gasteiger partial charge in [-0.3, -0.25) is 4.79 Å². The SMILES string of the molecule is COC(=O)CCN(C)C[C@@H]1CCCN1c1cc(-n2ccnc2)c2ccc(Cl)c(Cl)c2n1. The van der Waals surface area contributed by atoms with Gasteiger partial charge in [0.05, 0.1) is 41.1 Å². The number of benzene rings is 1. The smallest absolute Gasteiger partial charge is 0.306 e. The van der Waals surface area contributed by atoms with E-state index in [0.717, 1.165) is 42.8 Å². The van der Waals surface area contributed by atoms with Crippen LogP contribution in [0.3, 0.4) is 0 Å². The van der Waals surface area contributed by atoms with Crippen molar-refractivity contribution in [3.05, 3.63) is 47.0 Å². The van der Waals surface area contributed by atoms with E-state index in [0.29, 0.717) is 34.6 Å². The van der Waals surface area contributed by atoms with Gasteiger partial charge < -0.3 is 19.1 Å². The predicted octanol–water partition coefficient (Wildman–Crippen LogP) is 4.19. The molecule has 31 heavy (non-hydrogen) atoms. The molecule has 0 amide bonds. The number of ether oxygens (including phenoxy) is 1. The van der Waals surface area contributed by atoms with E-state index in [-0.39, 0.29) is 5.97 Å². The molecule has 1 saturated heterocycles. The molecule has 1 aliphatic heterocycles. The van der Waals surface area contributed by atoms with Crippen molar-refractivity contribution in [1.82, 2.24) is 19.4 Å². The highest BCUT2D eigenvalue weighted by atomic mass is 35.5. The number of aromatic nitrogens is 3. The largest absolute Gasteiger partial charge is 0.469 e. The van der Waals surface area contributed by atoms with Crippen molar-refractivity contribution in [1.29, 1.82) is 0 Å². The van der Waals surface area contributed by atoms with Crippen LogP contribution in [0.2, 0.25) is 10.0 Å². The van der Waals surface area contributed by atoms with Crippen molar-refractivity contribution in [2.75, 3.05) is 38.7 Å². The number of methoxy groups -OCH3 is 1. The lowest BCUT2D eigenvalue weighted by molar-refractivity contribution is -0.140. The number of halogens is 2. The average Bonchev–Trinajstić information content (AvgIpc) is 3.46. The Kier molecular flexibility index (Phi) is 6.65. The number of imidazole rings is 1. The van der Waals surface area contributed by atoms with E-state index < -0.39 is 0 Å². The summed E-state index contributed by atoms with van der Waals surface area (Å²) in [6.45, 7) is 2.40. The van der Waals surface area contributed by atoms with Crippen LogP contribution in [0.5, 0.6) is 0 Å². The van der Waals surface area contributed by atoms with Crippen LogP contribution in [0.1, 0.15) is 19.3 Å². The molecular weight excluding hydrogens is 437 g/mol. The van der Waals surface area contributed by atoms with Gasteiger partial charge in [0.2, 0.25) is 0 Å². The number of anilines is 1. The van der Waals surface area contributed by atoms with Crippen molar-refractivity contribution in [3.63, 3.8) is 0 Å². The molecule has 0 radical (unpaired) electrons. The highest BCUT2D eigenvalue weighted by molar-refractivity contribution is 6.45. The first-order chi connectivity index (χ1) is 15.0. The third kappa shape index (κ3) is 4.63. The monoisotopic (exact) mass is 461 g/mol. The molecule has 4 rings (SSSR count). The quantitative estimate of drug-likeness (QED) is 0.491. The fourth-order valence-electron chi connectivity index (χ4n) is 4.13. The second kappa shape index (κ2) is 9.42. The van der Waals surface area contributed by atoms with Crippen LogP contribution in [-0.2, 0) is 9.53 Å². The fourth-order valence-corrected chi connectivity index (χ4v) is 4.49. The Morgan fingerprint density at radius 2 is 2.19 bits per heavy atom. The molecule has 3 aromatic rings. The van der Waals surface area contributed by atoms with E-state index in [2.05, 4.69) is 20.9 Å². The summed E-state index contributed by atoms with van der Waals surface area (Å²) in [5, 5.41) is 1.85. The molecule has 1 fully saturated rings. The van der Waals surface area contributed by atoms with Gasteiger partial charge in [0.15, 0.2) is 0 Å². The number of hydrogen-bond acceptors (Lipinski definition) is 6. The summed E-state index contributed by atoms with van der Waals surface area (Å²) in [6, 6.07) is 6.11. The molecule has 2 aromatic heterocycles. The molecule has 0 aliphatic carbocycles. The van der Waals surface area contributed by atoms with Crippen molar-refractivity contribution >= 4 is 45.9 Å². The maximum Gasteiger partial charge on any atom is 0.306 e. The molecule has 7 nitrogen and oxygen atoms in total. The molecule has 1 atom stereocenters. The molecule has 164 valence electrons. The van der Waals surface area contributed by atoms with Crippen molar-refractivity contribution in [3.8, 4) is 5.69 Å². The molecule has 0 saturated carbocycles. The third-order valence-corrected chi connectivity index (χ3v) is 6.53. The molecule has 0 bridgehead atoms. The summed E-state index contributed by atoms with van der Waals surface area (Å²) < 4.78 is 6.72. The molecule has 3 heterocycles. The normalized spacial score (nSPS) is 16.4. The van der Waals surface area contributed by atoms with Crippen LogP contribution in [0.25, 0.3) is 16.6 Å². The van der Waals surface area contributed by atoms with Crippen molar-refractivity contribution < 1.29 is 9.53 Å². The minimum atomic E-state index is -0.192. The average molecular weight is 462 g/mol. The van der Waals surface area contributed by atoms with Crippen molar-refractivity contribution in [2.24, 2.45) is 0 Å². The van der Waals surface area contributed by atoms with Gasteiger partial charge in [0, 0.05) is 49.5 Å². The number of likely N-dealkylation sites (N-methyl/N-ethyl adjacent to an activating group) is 1. The first-order valence-corrected chi connectivity index (χ1v) is 11.0. The summed E-state index contributed by atoms with van der Waals surface area (Å²) >= 11 is 12.9. The van der Waals surface area contributed by atoms with E-state index in [9.17, 15) is 4.79 Å². The van der Waals surface area contributed by atoms with Crippen LogP contribution in [0.15, 0.2) is 36.9 Å². The van der Waals surface area contributed by atoms with Gasteiger partial charge >= 0.3 is 5.97 Å². The number of carbonyl (C=O) groups is 1. The number of nitrogens with zero attached hydrogens (tertiary/aromatic N) is 5. The zero-order chi connectivity index (χ0) is 22.0. The minimum Gasteiger partial charge on any atom is -0.469 e. The topological polar surface area (TPSA) is 63.5 Å². The zero-order valence-electron chi connectivity index (χ0n) is 17.6. The number of pyridine rings is 1. The van der Waals surface area contributed by atoms with Gasteiger partial charge in [0.1, 0.15) is 5.82 Å².